The monoisotopic (exact) mass is 397 g/mol. The molecule has 0 bridgehead atoms. The van der Waals surface area contributed by atoms with Gasteiger partial charge in [0, 0.05) is 11.6 Å². The van der Waals surface area contributed by atoms with E-state index in [2.05, 4.69) is 0 Å². The molecule has 1 aliphatic rings. The Labute approximate surface area is 158 Å². The van der Waals surface area contributed by atoms with Crippen LogP contribution in [0, 0.1) is 10.1 Å². The summed E-state index contributed by atoms with van der Waals surface area (Å²) >= 11 is 11.7. The highest BCUT2D eigenvalue weighted by atomic mass is 35.5. The summed E-state index contributed by atoms with van der Waals surface area (Å²) in [5, 5.41) is 11.8. The van der Waals surface area contributed by atoms with Crippen molar-refractivity contribution in [3.63, 3.8) is 0 Å². The number of hydrogen-bond acceptors (Lipinski definition) is 6. The third-order valence-corrected chi connectivity index (χ3v) is 4.38. The molecule has 1 fully saturated rings. The van der Waals surface area contributed by atoms with E-state index in [-0.39, 0.29) is 27.0 Å². The van der Waals surface area contributed by atoms with Crippen LogP contribution in [0.3, 0.4) is 0 Å². The van der Waals surface area contributed by atoms with Gasteiger partial charge in [-0.25, -0.2) is 4.79 Å². The van der Waals surface area contributed by atoms with E-state index in [1.54, 1.807) is 6.07 Å². The van der Waals surface area contributed by atoms with Crippen molar-refractivity contribution in [3.8, 4) is 5.75 Å². The summed E-state index contributed by atoms with van der Waals surface area (Å²) < 4.78 is 16.0. The number of nitro benzene ring substituents is 1. The van der Waals surface area contributed by atoms with Gasteiger partial charge < -0.3 is 14.2 Å². The normalized spacial score (nSPS) is 14.8. The molecule has 0 atom stereocenters. The van der Waals surface area contributed by atoms with E-state index in [0.29, 0.717) is 18.8 Å². The Hall–Kier alpha value is -2.19. The average Bonchev–Trinajstić information content (AvgIpc) is 2.64. The Morgan fingerprint density at radius 3 is 2.50 bits per heavy atom. The van der Waals surface area contributed by atoms with Crippen LogP contribution in [0.5, 0.6) is 5.75 Å². The molecule has 1 aliphatic heterocycles. The van der Waals surface area contributed by atoms with Gasteiger partial charge in [0.15, 0.2) is 6.29 Å². The molecule has 2 aromatic carbocycles. The highest BCUT2D eigenvalue weighted by molar-refractivity contribution is 6.42. The predicted octanol–water partition coefficient (Wildman–Crippen LogP) is 4.56. The molecule has 26 heavy (non-hydrogen) atoms. The van der Waals surface area contributed by atoms with E-state index in [4.69, 9.17) is 37.4 Å². The summed E-state index contributed by atoms with van der Waals surface area (Å²) in [6.45, 7) is 1.01. The lowest BCUT2D eigenvalue weighted by Gasteiger charge is -2.23. The van der Waals surface area contributed by atoms with Crippen LogP contribution in [0.25, 0.3) is 0 Å². The summed E-state index contributed by atoms with van der Waals surface area (Å²) in [6, 6.07) is 8.35. The van der Waals surface area contributed by atoms with Crippen molar-refractivity contribution in [3.05, 3.63) is 67.7 Å². The third-order valence-electron chi connectivity index (χ3n) is 3.64. The molecule has 0 spiro atoms. The number of ether oxygens (including phenoxy) is 3. The van der Waals surface area contributed by atoms with Gasteiger partial charge in [-0.3, -0.25) is 10.1 Å². The van der Waals surface area contributed by atoms with Gasteiger partial charge in [0.2, 0.25) is 5.75 Å². The van der Waals surface area contributed by atoms with Crippen LogP contribution >= 0.6 is 23.2 Å². The number of rotatable bonds is 4. The fourth-order valence-corrected chi connectivity index (χ4v) is 2.67. The maximum absolute atomic E-state index is 12.2. The number of nitrogens with zero attached hydrogens (tertiary/aromatic N) is 1. The quantitative estimate of drug-likeness (QED) is 0.325. The predicted molar refractivity (Wildman–Crippen MR) is 93.8 cm³/mol. The number of benzene rings is 2. The Morgan fingerprint density at radius 1 is 1.12 bits per heavy atom. The first-order chi connectivity index (χ1) is 12.5. The van der Waals surface area contributed by atoms with E-state index in [1.807, 2.05) is 0 Å². The lowest BCUT2D eigenvalue weighted by atomic mass is 10.1. The minimum absolute atomic E-state index is 0.122. The van der Waals surface area contributed by atoms with Crippen molar-refractivity contribution in [2.45, 2.75) is 12.7 Å². The second-order valence-corrected chi connectivity index (χ2v) is 6.24. The number of hydrogen-bond donors (Lipinski definition) is 0. The zero-order valence-corrected chi connectivity index (χ0v) is 14.8. The van der Waals surface area contributed by atoms with Crippen LogP contribution in [0.2, 0.25) is 10.0 Å². The first-order valence-corrected chi connectivity index (χ1v) is 8.40. The lowest BCUT2D eigenvalue weighted by Crippen LogP contribution is -2.18. The second kappa shape index (κ2) is 8.01. The molecule has 0 radical (unpaired) electrons. The Balaban J connectivity index is 1.85. The first-order valence-electron chi connectivity index (χ1n) is 7.64. The molecule has 0 unspecified atom stereocenters. The molecule has 136 valence electrons. The zero-order chi connectivity index (χ0) is 18.7. The van der Waals surface area contributed by atoms with Crippen LogP contribution in [-0.4, -0.2) is 24.1 Å². The van der Waals surface area contributed by atoms with E-state index in [0.717, 1.165) is 6.42 Å². The fraction of sp³-hybridized carbons (Fsp3) is 0.235. The standard InChI is InChI=1S/C17H13Cl2NO6/c18-12-4-2-10(8-13(12)19)16(21)26-15-5-3-11(9-14(15)20(22)23)17-24-6-1-7-25-17/h2-5,8-9,17H,1,6-7H2. The van der Waals surface area contributed by atoms with Crippen molar-refractivity contribution >= 4 is 34.9 Å². The van der Waals surface area contributed by atoms with E-state index < -0.39 is 17.2 Å². The number of nitro groups is 1. The number of carbonyl (C=O) groups is 1. The SMILES string of the molecule is O=C(Oc1ccc(C2OCCCO2)cc1[N+](=O)[O-])c1ccc(Cl)c(Cl)c1. The molecular weight excluding hydrogens is 385 g/mol. The Kier molecular flexibility index (Phi) is 5.73. The third kappa shape index (κ3) is 4.13. The van der Waals surface area contributed by atoms with Crippen molar-refractivity contribution in [2.75, 3.05) is 13.2 Å². The number of carbonyl (C=O) groups excluding carboxylic acids is 1. The van der Waals surface area contributed by atoms with Crippen molar-refractivity contribution in [1.82, 2.24) is 0 Å². The molecular formula is C17H13Cl2NO6. The summed E-state index contributed by atoms with van der Waals surface area (Å²) in [7, 11) is 0. The van der Waals surface area contributed by atoms with Gasteiger partial charge in [-0.05, 0) is 36.8 Å². The molecule has 0 amide bonds. The number of halogens is 2. The topological polar surface area (TPSA) is 87.9 Å². The molecule has 2 aromatic rings. The van der Waals surface area contributed by atoms with Crippen LogP contribution < -0.4 is 4.74 Å². The second-order valence-electron chi connectivity index (χ2n) is 5.43. The van der Waals surface area contributed by atoms with E-state index in [1.165, 1.54) is 30.3 Å². The minimum atomic E-state index is -0.787. The maximum atomic E-state index is 12.2. The molecule has 7 nitrogen and oxygen atoms in total. The summed E-state index contributed by atoms with van der Waals surface area (Å²) in [4.78, 5) is 23.0. The summed E-state index contributed by atoms with van der Waals surface area (Å²) in [6.07, 6.45) is 0.0834. The van der Waals surface area contributed by atoms with Gasteiger partial charge in [-0.15, -0.1) is 0 Å². The molecule has 1 saturated heterocycles. The number of esters is 1. The fourth-order valence-electron chi connectivity index (χ4n) is 2.37. The van der Waals surface area contributed by atoms with Gasteiger partial charge in [0.25, 0.3) is 0 Å². The van der Waals surface area contributed by atoms with Crippen molar-refractivity contribution in [1.29, 1.82) is 0 Å². The Bertz CT molecular complexity index is 851. The van der Waals surface area contributed by atoms with E-state index in [9.17, 15) is 14.9 Å². The smallest absolute Gasteiger partial charge is 0.343 e. The van der Waals surface area contributed by atoms with Gasteiger partial charge in [0.05, 0.1) is 33.7 Å². The molecule has 0 aliphatic carbocycles. The highest BCUT2D eigenvalue weighted by Crippen LogP contribution is 2.33. The largest absolute Gasteiger partial charge is 0.416 e. The van der Waals surface area contributed by atoms with Gasteiger partial charge in [0.1, 0.15) is 0 Å². The van der Waals surface area contributed by atoms with Crippen molar-refractivity contribution < 1.29 is 23.9 Å². The van der Waals surface area contributed by atoms with Crippen LogP contribution in [0.1, 0.15) is 28.6 Å². The molecule has 9 heteroatoms. The highest BCUT2D eigenvalue weighted by Gasteiger charge is 2.24. The average molecular weight is 398 g/mol. The van der Waals surface area contributed by atoms with Crippen LogP contribution in [0.4, 0.5) is 5.69 Å². The molecule has 0 N–H and O–H groups in total. The minimum Gasteiger partial charge on any atom is -0.416 e. The van der Waals surface area contributed by atoms with Gasteiger partial charge in [-0.2, -0.15) is 0 Å². The molecule has 0 aromatic heterocycles. The molecule has 3 rings (SSSR count). The zero-order valence-electron chi connectivity index (χ0n) is 13.3. The summed E-state index contributed by atoms with van der Waals surface area (Å²) in [5.74, 6) is -0.977. The van der Waals surface area contributed by atoms with E-state index >= 15 is 0 Å². The molecule has 0 saturated carbocycles. The van der Waals surface area contributed by atoms with Gasteiger partial charge in [-0.1, -0.05) is 23.2 Å². The lowest BCUT2D eigenvalue weighted by molar-refractivity contribution is -0.385. The summed E-state index contributed by atoms with van der Waals surface area (Å²) in [5.41, 5.74) is 0.233. The van der Waals surface area contributed by atoms with Crippen LogP contribution in [-0.2, 0) is 9.47 Å². The van der Waals surface area contributed by atoms with Crippen molar-refractivity contribution in [2.24, 2.45) is 0 Å². The van der Waals surface area contributed by atoms with Gasteiger partial charge >= 0.3 is 11.7 Å². The first kappa shape index (κ1) is 18.6. The molecule has 1 heterocycles. The van der Waals surface area contributed by atoms with Crippen LogP contribution in [0.15, 0.2) is 36.4 Å². The Morgan fingerprint density at radius 2 is 1.85 bits per heavy atom. The maximum Gasteiger partial charge on any atom is 0.343 e.